The zero-order chi connectivity index (χ0) is 20.0. The average molecular weight is 463 g/mol. The number of nitrogens with one attached hydrogen (secondary N) is 2. The first-order valence-corrected chi connectivity index (χ1v) is 10.5. The first-order chi connectivity index (χ1) is 12.7. The number of hydrogen-bond acceptors (Lipinski definition) is 8. The number of carbonyl (C=O) groups is 1. The molecule has 0 radical (unpaired) electrons. The van der Waals surface area contributed by atoms with Gasteiger partial charge in [0.1, 0.15) is 5.82 Å². The highest BCUT2D eigenvalue weighted by Crippen LogP contribution is 2.23. The molecule has 0 saturated heterocycles. The van der Waals surface area contributed by atoms with Crippen molar-refractivity contribution < 1.29 is 23.2 Å². The Balaban J connectivity index is 2.14. The molecule has 0 saturated carbocycles. The molecule has 0 aliphatic rings. The fraction of sp³-hybridized carbons (Fsp3) is 0.286. The Kier molecular flexibility index (Phi) is 6.98. The molecule has 10 nitrogen and oxygen atoms in total. The molecule has 1 heterocycles. The molecule has 0 atom stereocenters. The molecule has 2 rings (SSSR count). The Hall–Kier alpha value is -2.38. The maximum atomic E-state index is 13.3. The molecule has 13 heteroatoms. The van der Waals surface area contributed by atoms with Crippen molar-refractivity contribution in [2.24, 2.45) is 9.36 Å². The van der Waals surface area contributed by atoms with Crippen molar-refractivity contribution in [2.45, 2.75) is 6.42 Å². The van der Waals surface area contributed by atoms with E-state index < -0.39 is 21.5 Å². The third kappa shape index (κ3) is 6.37. The van der Waals surface area contributed by atoms with Gasteiger partial charge in [0.15, 0.2) is 11.5 Å². The second kappa shape index (κ2) is 9.01. The topological polar surface area (TPSA) is 142 Å². The van der Waals surface area contributed by atoms with E-state index in [9.17, 15) is 18.6 Å². The quantitative estimate of drug-likeness (QED) is 0.336. The fourth-order valence-corrected chi connectivity index (χ4v) is 2.80. The molecule has 1 amide bonds. The summed E-state index contributed by atoms with van der Waals surface area (Å²) >= 11 is 3.04. The summed E-state index contributed by atoms with van der Waals surface area (Å²) in [7, 11) is -2.52. The van der Waals surface area contributed by atoms with E-state index in [1.807, 2.05) is 5.48 Å². The molecular formula is C14H16BrFN6O4S. The second-order valence-electron chi connectivity index (χ2n) is 5.48. The van der Waals surface area contributed by atoms with Gasteiger partial charge in [-0.15, -0.1) is 0 Å². The highest BCUT2D eigenvalue weighted by molar-refractivity contribution is 9.10. The number of anilines is 1. The summed E-state index contributed by atoms with van der Waals surface area (Å²) in [6.07, 6.45) is 2.69. The summed E-state index contributed by atoms with van der Waals surface area (Å²) in [5.41, 5.74) is 2.23. The molecule has 0 aliphatic heterocycles. The van der Waals surface area contributed by atoms with Gasteiger partial charge in [-0.2, -0.15) is 4.36 Å². The summed E-state index contributed by atoms with van der Waals surface area (Å²) in [6, 6.07) is 4.00. The van der Waals surface area contributed by atoms with Gasteiger partial charge in [-0.3, -0.25) is 15.5 Å². The Morgan fingerprint density at radius 3 is 2.78 bits per heavy atom. The van der Waals surface area contributed by atoms with Crippen LogP contribution in [0.25, 0.3) is 0 Å². The van der Waals surface area contributed by atoms with Crippen LogP contribution in [0.3, 0.4) is 0 Å². The van der Waals surface area contributed by atoms with Crippen LogP contribution in [-0.4, -0.2) is 50.5 Å². The number of amidine groups is 1. The van der Waals surface area contributed by atoms with Gasteiger partial charge in [0.05, 0.1) is 10.2 Å². The molecule has 146 valence electrons. The molecule has 1 aromatic heterocycles. The number of hydrogen-bond donors (Lipinski definition) is 3. The number of aromatic nitrogens is 2. The highest BCUT2D eigenvalue weighted by Gasteiger charge is 2.17. The first-order valence-electron chi connectivity index (χ1n) is 7.40. The Morgan fingerprint density at radius 2 is 2.15 bits per heavy atom. The van der Waals surface area contributed by atoms with Crippen LogP contribution in [-0.2, 0) is 14.5 Å². The molecule has 0 spiro atoms. The molecular weight excluding hydrogens is 447 g/mol. The second-order valence-corrected chi connectivity index (χ2v) is 8.87. The van der Waals surface area contributed by atoms with Crippen molar-refractivity contribution in [3.63, 3.8) is 0 Å². The number of amides is 1. The van der Waals surface area contributed by atoms with Gasteiger partial charge in [0, 0.05) is 35.2 Å². The van der Waals surface area contributed by atoms with Crippen LogP contribution in [0.5, 0.6) is 0 Å². The van der Waals surface area contributed by atoms with Crippen LogP contribution in [0, 0.1) is 5.82 Å². The van der Waals surface area contributed by atoms with Crippen molar-refractivity contribution in [2.75, 3.05) is 24.4 Å². The normalized spacial score (nSPS) is 12.0. The van der Waals surface area contributed by atoms with Gasteiger partial charge < -0.3 is 5.32 Å². The van der Waals surface area contributed by atoms with E-state index >= 15 is 0 Å². The number of hydroxylamine groups is 1. The van der Waals surface area contributed by atoms with E-state index in [0.717, 1.165) is 0 Å². The van der Waals surface area contributed by atoms with Crippen molar-refractivity contribution in [3.05, 3.63) is 34.2 Å². The van der Waals surface area contributed by atoms with Crippen LogP contribution < -0.4 is 10.8 Å². The lowest BCUT2D eigenvalue weighted by molar-refractivity contribution is -0.117. The zero-order valence-corrected chi connectivity index (χ0v) is 16.7. The molecule has 0 aliphatic carbocycles. The SMILES string of the molecule is CS(C)(=O)=NC(=O)CCNc1nonc1C(=Nc1ccc(F)c(Br)c1)NO. The number of benzene rings is 1. The van der Waals surface area contributed by atoms with E-state index in [2.05, 4.69) is 45.5 Å². The number of aliphatic imine (C=N–C) groups is 1. The van der Waals surface area contributed by atoms with Gasteiger partial charge in [0.25, 0.3) is 5.91 Å². The minimum atomic E-state index is -2.52. The molecule has 0 fully saturated rings. The van der Waals surface area contributed by atoms with E-state index in [4.69, 9.17) is 0 Å². The summed E-state index contributed by atoms with van der Waals surface area (Å²) < 4.78 is 33.1. The molecule has 1 aromatic carbocycles. The lowest BCUT2D eigenvalue weighted by atomic mass is 10.3. The largest absolute Gasteiger partial charge is 0.365 e. The van der Waals surface area contributed by atoms with Crippen LogP contribution in [0.1, 0.15) is 12.1 Å². The summed E-state index contributed by atoms with van der Waals surface area (Å²) in [5.74, 6) is -0.992. The highest BCUT2D eigenvalue weighted by atomic mass is 79.9. The Morgan fingerprint density at radius 1 is 1.41 bits per heavy atom. The van der Waals surface area contributed by atoms with Crippen LogP contribution in [0.15, 0.2) is 36.7 Å². The molecule has 0 bridgehead atoms. The third-order valence-corrected chi connectivity index (χ3v) is 4.17. The van der Waals surface area contributed by atoms with E-state index in [0.29, 0.717) is 5.69 Å². The first kappa shape index (κ1) is 20.9. The van der Waals surface area contributed by atoms with Crippen molar-refractivity contribution in [3.8, 4) is 0 Å². The van der Waals surface area contributed by atoms with Gasteiger partial charge >= 0.3 is 0 Å². The smallest absolute Gasteiger partial charge is 0.255 e. The predicted octanol–water partition coefficient (Wildman–Crippen LogP) is 2.08. The molecule has 0 unspecified atom stereocenters. The lowest BCUT2D eigenvalue weighted by Gasteiger charge is -2.05. The van der Waals surface area contributed by atoms with Crippen molar-refractivity contribution in [1.29, 1.82) is 0 Å². The van der Waals surface area contributed by atoms with Crippen LogP contribution in [0.4, 0.5) is 15.9 Å². The molecule has 27 heavy (non-hydrogen) atoms. The van der Waals surface area contributed by atoms with Gasteiger partial charge in [-0.1, -0.05) is 0 Å². The van der Waals surface area contributed by atoms with E-state index in [1.54, 1.807) is 0 Å². The standard InChI is InChI=1S/C14H16BrFN6O4S/c1-27(2,25)22-11(23)5-6-17-13-12(20-26-21-13)14(19-24)18-8-3-4-10(16)9(15)7-8/h3-4,7,24H,5-6H2,1-2H3,(H,17,21)(H,18,19). The number of nitrogens with zero attached hydrogens (tertiary/aromatic N) is 4. The Bertz CT molecular complexity index is 978. The predicted molar refractivity (Wildman–Crippen MR) is 100 cm³/mol. The average Bonchev–Trinajstić information content (AvgIpc) is 3.02. The lowest BCUT2D eigenvalue weighted by Crippen LogP contribution is -2.22. The number of rotatable bonds is 6. The molecule has 2 aromatic rings. The van der Waals surface area contributed by atoms with Gasteiger partial charge in [-0.25, -0.2) is 18.2 Å². The maximum Gasteiger partial charge on any atom is 0.255 e. The minimum Gasteiger partial charge on any atom is -0.365 e. The van der Waals surface area contributed by atoms with Gasteiger partial charge in [0.2, 0.25) is 5.82 Å². The molecule has 3 N–H and O–H groups in total. The third-order valence-electron chi connectivity index (χ3n) is 2.92. The summed E-state index contributed by atoms with van der Waals surface area (Å²) in [5, 5.41) is 19.4. The zero-order valence-electron chi connectivity index (χ0n) is 14.3. The number of halogens is 2. The van der Waals surface area contributed by atoms with Crippen LogP contribution in [0.2, 0.25) is 0 Å². The van der Waals surface area contributed by atoms with Gasteiger partial charge in [-0.05, 0) is 44.4 Å². The van der Waals surface area contributed by atoms with Crippen molar-refractivity contribution in [1.82, 2.24) is 15.8 Å². The maximum absolute atomic E-state index is 13.3. The van der Waals surface area contributed by atoms with E-state index in [-0.39, 0.29) is 34.8 Å². The summed E-state index contributed by atoms with van der Waals surface area (Å²) in [6.45, 7) is 0.111. The minimum absolute atomic E-state index is 0.0328. The Labute approximate surface area is 162 Å². The summed E-state index contributed by atoms with van der Waals surface area (Å²) in [4.78, 5) is 15.7. The fourth-order valence-electron chi connectivity index (χ4n) is 1.85. The van der Waals surface area contributed by atoms with E-state index in [1.165, 1.54) is 30.7 Å². The monoisotopic (exact) mass is 462 g/mol. The van der Waals surface area contributed by atoms with Crippen LogP contribution >= 0.6 is 15.9 Å². The van der Waals surface area contributed by atoms with Crippen molar-refractivity contribution >= 4 is 48.9 Å². The number of carbonyl (C=O) groups excluding carboxylic acids is 1.